The van der Waals surface area contributed by atoms with Gasteiger partial charge >= 0.3 is 6.18 Å². The van der Waals surface area contributed by atoms with Crippen LogP contribution in [0.25, 0.3) is 0 Å². The van der Waals surface area contributed by atoms with E-state index in [2.05, 4.69) is 10.2 Å². The number of halogens is 3. The minimum absolute atomic E-state index is 0.109. The third kappa shape index (κ3) is 3.43. The first-order valence-corrected chi connectivity index (χ1v) is 6.11. The van der Waals surface area contributed by atoms with Gasteiger partial charge in [-0.25, -0.2) is 12.7 Å². The zero-order valence-electron chi connectivity index (χ0n) is 9.24. The van der Waals surface area contributed by atoms with Crippen LogP contribution in [0.3, 0.4) is 0 Å². The second kappa shape index (κ2) is 4.65. The summed E-state index contributed by atoms with van der Waals surface area (Å²) in [6, 6.07) is 0. The quantitative estimate of drug-likeness (QED) is 0.897. The largest absolute Gasteiger partial charge is 0.390 e. The molecule has 1 aromatic heterocycles. The van der Waals surface area contributed by atoms with Gasteiger partial charge < -0.3 is 0 Å². The predicted octanol–water partition coefficient (Wildman–Crippen LogP) is 1.29. The average molecular weight is 271 g/mol. The number of nitrogens with zero attached hydrogens (tertiary/aromatic N) is 2. The molecule has 9 heteroatoms. The number of hydrogen-bond donors (Lipinski definition) is 1. The molecule has 0 atom stereocenters. The second-order valence-corrected chi connectivity index (χ2v) is 5.56. The van der Waals surface area contributed by atoms with E-state index in [1.54, 1.807) is 0 Å². The van der Waals surface area contributed by atoms with E-state index in [4.69, 9.17) is 0 Å². The van der Waals surface area contributed by atoms with Crippen LogP contribution in [-0.2, 0) is 10.0 Å². The number of aromatic nitrogens is 2. The monoisotopic (exact) mass is 271 g/mol. The molecule has 1 rings (SSSR count). The topological polar surface area (TPSA) is 66.1 Å². The molecule has 1 heterocycles. The second-order valence-electron chi connectivity index (χ2n) is 3.55. The maximum Gasteiger partial charge on any atom is 0.390 e. The van der Waals surface area contributed by atoms with Crippen molar-refractivity contribution >= 4 is 10.0 Å². The highest BCUT2D eigenvalue weighted by molar-refractivity contribution is 7.89. The fourth-order valence-electron chi connectivity index (χ4n) is 1.17. The first-order valence-electron chi connectivity index (χ1n) is 4.67. The lowest BCUT2D eigenvalue weighted by molar-refractivity contribution is -0.135. The first-order chi connectivity index (χ1) is 7.64. The van der Waals surface area contributed by atoms with Crippen LogP contribution < -0.4 is 0 Å². The van der Waals surface area contributed by atoms with Crippen molar-refractivity contribution < 1.29 is 21.6 Å². The number of sulfonamides is 1. The van der Waals surface area contributed by atoms with E-state index in [1.165, 1.54) is 6.92 Å². The maximum atomic E-state index is 12.0. The van der Waals surface area contributed by atoms with Gasteiger partial charge in [0.2, 0.25) is 10.0 Å². The molecule has 0 spiro atoms. The summed E-state index contributed by atoms with van der Waals surface area (Å²) in [4.78, 5) is -0.109. The van der Waals surface area contributed by atoms with E-state index in [0.717, 1.165) is 13.2 Å². The van der Waals surface area contributed by atoms with Crippen LogP contribution in [-0.4, -0.2) is 42.7 Å². The highest BCUT2D eigenvalue weighted by Gasteiger charge is 2.31. The Balaban J connectivity index is 2.82. The summed E-state index contributed by atoms with van der Waals surface area (Å²) >= 11 is 0. The van der Waals surface area contributed by atoms with Gasteiger partial charge in [-0.05, 0) is 6.92 Å². The Labute approximate surface area is 96.7 Å². The van der Waals surface area contributed by atoms with Crippen LogP contribution in [0.2, 0.25) is 0 Å². The highest BCUT2D eigenvalue weighted by Crippen LogP contribution is 2.22. The Morgan fingerprint density at radius 3 is 2.47 bits per heavy atom. The summed E-state index contributed by atoms with van der Waals surface area (Å²) in [5.74, 6) is 0. The number of nitrogens with one attached hydrogen (secondary N) is 1. The Morgan fingerprint density at radius 1 is 1.47 bits per heavy atom. The number of rotatable bonds is 4. The minimum atomic E-state index is -4.38. The van der Waals surface area contributed by atoms with Gasteiger partial charge in [0.25, 0.3) is 0 Å². The molecule has 0 aliphatic heterocycles. The van der Waals surface area contributed by atoms with Crippen LogP contribution in [0.1, 0.15) is 12.1 Å². The van der Waals surface area contributed by atoms with E-state index in [9.17, 15) is 21.6 Å². The molecule has 0 aliphatic carbocycles. The summed E-state index contributed by atoms with van der Waals surface area (Å²) in [6.45, 7) is 0.869. The zero-order valence-corrected chi connectivity index (χ0v) is 10.1. The predicted molar refractivity (Wildman–Crippen MR) is 53.8 cm³/mol. The molecule has 0 bridgehead atoms. The smallest absolute Gasteiger partial charge is 0.281 e. The van der Waals surface area contributed by atoms with Crippen molar-refractivity contribution in [2.24, 2.45) is 0 Å². The maximum absolute atomic E-state index is 12.0. The van der Waals surface area contributed by atoms with Crippen LogP contribution >= 0.6 is 0 Å². The molecule has 0 saturated carbocycles. The molecule has 1 N–H and O–H groups in total. The molecule has 98 valence electrons. The molecule has 0 aromatic carbocycles. The summed E-state index contributed by atoms with van der Waals surface area (Å²) in [5.41, 5.74) is 0.295. The van der Waals surface area contributed by atoms with E-state index >= 15 is 0 Å². The molecule has 0 amide bonds. The van der Waals surface area contributed by atoms with Crippen molar-refractivity contribution in [1.82, 2.24) is 14.5 Å². The fraction of sp³-hybridized carbons (Fsp3) is 0.625. The third-order valence-corrected chi connectivity index (χ3v) is 4.15. The van der Waals surface area contributed by atoms with Crippen molar-refractivity contribution in [3.63, 3.8) is 0 Å². The van der Waals surface area contributed by atoms with Crippen molar-refractivity contribution in [2.45, 2.75) is 24.4 Å². The Bertz CT molecular complexity index is 480. The van der Waals surface area contributed by atoms with Gasteiger partial charge in [0.05, 0.1) is 18.3 Å². The molecular formula is C8H12F3N3O2S. The van der Waals surface area contributed by atoms with Crippen molar-refractivity contribution in [2.75, 3.05) is 13.6 Å². The third-order valence-electron chi connectivity index (χ3n) is 2.18. The first kappa shape index (κ1) is 14.0. The van der Waals surface area contributed by atoms with Crippen LogP contribution in [0.5, 0.6) is 0 Å². The SMILES string of the molecule is Cc1[nH]ncc1S(=O)(=O)N(C)CCC(F)(F)F. The summed E-state index contributed by atoms with van der Waals surface area (Å²) in [7, 11) is -2.80. The van der Waals surface area contributed by atoms with Crippen LogP contribution in [0.4, 0.5) is 13.2 Å². The molecule has 0 fully saturated rings. The number of H-pyrrole nitrogens is 1. The Kier molecular flexibility index (Phi) is 3.82. The van der Waals surface area contributed by atoms with Gasteiger partial charge in [-0.3, -0.25) is 5.10 Å². The average Bonchev–Trinajstić information content (AvgIpc) is 2.60. The Morgan fingerprint density at radius 2 is 2.06 bits per heavy atom. The number of hydrogen-bond acceptors (Lipinski definition) is 3. The lowest BCUT2D eigenvalue weighted by Gasteiger charge is -2.17. The van der Waals surface area contributed by atoms with Crippen molar-refractivity contribution in [1.29, 1.82) is 0 Å². The summed E-state index contributed by atoms with van der Waals surface area (Å²) in [5, 5.41) is 5.95. The minimum Gasteiger partial charge on any atom is -0.281 e. The fourth-order valence-corrected chi connectivity index (χ4v) is 2.46. The molecule has 0 aliphatic rings. The normalized spacial score (nSPS) is 13.3. The number of aryl methyl sites for hydroxylation is 1. The van der Waals surface area contributed by atoms with E-state index in [-0.39, 0.29) is 4.90 Å². The van der Waals surface area contributed by atoms with E-state index < -0.39 is 29.2 Å². The van der Waals surface area contributed by atoms with Crippen molar-refractivity contribution in [3.05, 3.63) is 11.9 Å². The number of aromatic amines is 1. The van der Waals surface area contributed by atoms with Crippen LogP contribution in [0.15, 0.2) is 11.1 Å². The lowest BCUT2D eigenvalue weighted by atomic mass is 10.4. The molecule has 0 radical (unpaired) electrons. The molecule has 5 nitrogen and oxygen atoms in total. The van der Waals surface area contributed by atoms with Gasteiger partial charge in [0.15, 0.2) is 0 Å². The van der Waals surface area contributed by atoms with Crippen molar-refractivity contribution in [3.8, 4) is 0 Å². The molecule has 17 heavy (non-hydrogen) atoms. The molecule has 0 unspecified atom stereocenters. The summed E-state index contributed by atoms with van der Waals surface area (Å²) in [6.07, 6.45) is -4.48. The van der Waals surface area contributed by atoms with Gasteiger partial charge in [0, 0.05) is 13.6 Å². The van der Waals surface area contributed by atoms with E-state index in [1.807, 2.05) is 0 Å². The highest BCUT2D eigenvalue weighted by atomic mass is 32.2. The molecule has 0 saturated heterocycles. The lowest BCUT2D eigenvalue weighted by Crippen LogP contribution is -2.30. The zero-order chi connectivity index (χ0) is 13.3. The molecular weight excluding hydrogens is 259 g/mol. The van der Waals surface area contributed by atoms with Crippen LogP contribution in [0, 0.1) is 6.92 Å². The van der Waals surface area contributed by atoms with Gasteiger partial charge in [-0.2, -0.15) is 18.3 Å². The van der Waals surface area contributed by atoms with Gasteiger partial charge in [-0.1, -0.05) is 0 Å². The van der Waals surface area contributed by atoms with E-state index in [0.29, 0.717) is 10.00 Å². The molecule has 1 aromatic rings. The number of alkyl halides is 3. The van der Waals surface area contributed by atoms with Gasteiger partial charge in [0.1, 0.15) is 4.90 Å². The summed E-state index contributed by atoms with van der Waals surface area (Å²) < 4.78 is 60.3. The Hall–Kier alpha value is -1.09. The van der Waals surface area contributed by atoms with Gasteiger partial charge in [-0.15, -0.1) is 0 Å². The standard InChI is InChI=1S/C8H12F3N3O2S/c1-6-7(5-12-13-6)17(15,16)14(2)4-3-8(9,10)11/h5H,3-4H2,1-2H3,(H,12,13).